The van der Waals surface area contributed by atoms with Gasteiger partial charge in [-0.3, -0.25) is 0 Å². The number of ether oxygens (including phenoxy) is 2. The van der Waals surface area contributed by atoms with Crippen LogP contribution in [-0.4, -0.2) is 17.7 Å². The lowest BCUT2D eigenvalue weighted by molar-refractivity contribution is -0.228. The lowest BCUT2D eigenvalue weighted by Crippen LogP contribution is -2.39. The Morgan fingerprint density at radius 1 is 0.783 bits per heavy atom. The highest BCUT2D eigenvalue weighted by atomic mass is 16.7. The molecule has 0 rings (SSSR count). The molecule has 0 saturated heterocycles. The van der Waals surface area contributed by atoms with Crippen LogP contribution in [0.5, 0.6) is 0 Å². The molecule has 0 aliphatic carbocycles. The number of esters is 2. The zero-order valence-electron chi connectivity index (χ0n) is 14.8. The molecule has 0 aromatic carbocycles. The van der Waals surface area contributed by atoms with Crippen molar-refractivity contribution in [1.82, 2.24) is 0 Å². The molecule has 0 aliphatic rings. The Balaban J connectivity index is 4.80. The first-order chi connectivity index (χ1) is 11.0. The van der Waals surface area contributed by atoms with Gasteiger partial charge >= 0.3 is 11.9 Å². The second-order valence-corrected chi connectivity index (χ2v) is 5.78. The van der Waals surface area contributed by atoms with Crippen LogP contribution in [0.1, 0.15) is 78.1 Å². The highest BCUT2D eigenvalue weighted by molar-refractivity contribution is 5.83. The Kier molecular flexibility index (Phi) is 12.0. The number of rotatable bonds is 14. The van der Waals surface area contributed by atoms with Gasteiger partial charge in [0.15, 0.2) is 0 Å². The molecule has 0 radical (unpaired) electrons. The summed E-state index contributed by atoms with van der Waals surface area (Å²) in [7, 11) is 0. The maximum atomic E-state index is 11.7. The van der Waals surface area contributed by atoms with E-state index in [1.54, 1.807) is 0 Å². The summed E-state index contributed by atoms with van der Waals surface area (Å²) in [5.41, 5.74) is 0. The van der Waals surface area contributed by atoms with Crippen LogP contribution in [0.4, 0.5) is 0 Å². The van der Waals surface area contributed by atoms with E-state index in [0.717, 1.165) is 44.3 Å². The first-order valence-corrected chi connectivity index (χ1v) is 8.74. The van der Waals surface area contributed by atoms with Gasteiger partial charge in [0.1, 0.15) is 0 Å². The van der Waals surface area contributed by atoms with Crippen molar-refractivity contribution in [2.24, 2.45) is 0 Å². The Hall–Kier alpha value is -1.58. The molecule has 0 aromatic heterocycles. The molecule has 0 aliphatic heterocycles. The molecule has 0 amide bonds. The standard InChI is InChI=1S/C19H32O4/c1-5-9-11-12-13-14-16-19(15-10-6-2,22-17(20)7-3)23-18(21)8-4/h7-8H,3-6,9-16H2,1-2H3. The monoisotopic (exact) mass is 324 g/mol. The number of hydrogen-bond acceptors (Lipinski definition) is 4. The fourth-order valence-electron chi connectivity index (χ4n) is 2.42. The summed E-state index contributed by atoms with van der Waals surface area (Å²) in [4.78, 5) is 23.4. The van der Waals surface area contributed by atoms with Gasteiger partial charge in [0.25, 0.3) is 5.79 Å². The maximum absolute atomic E-state index is 11.7. The summed E-state index contributed by atoms with van der Waals surface area (Å²) in [6.07, 6.45) is 11.6. The molecule has 4 heteroatoms. The normalized spacial score (nSPS) is 10.9. The summed E-state index contributed by atoms with van der Waals surface area (Å²) in [5, 5.41) is 0. The highest BCUT2D eigenvalue weighted by Gasteiger charge is 2.36. The zero-order chi connectivity index (χ0) is 17.6. The largest absolute Gasteiger partial charge is 0.419 e. The molecule has 4 nitrogen and oxygen atoms in total. The second-order valence-electron chi connectivity index (χ2n) is 5.78. The molecular weight excluding hydrogens is 292 g/mol. The van der Waals surface area contributed by atoms with Gasteiger partial charge in [0, 0.05) is 25.0 Å². The van der Waals surface area contributed by atoms with Crippen LogP contribution >= 0.6 is 0 Å². The van der Waals surface area contributed by atoms with Crippen LogP contribution in [0.2, 0.25) is 0 Å². The van der Waals surface area contributed by atoms with Crippen molar-refractivity contribution < 1.29 is 19.1 Å². The highest BCUT2D eigenvalue weighted by Crippen LogP contribution is 2.29. The predicted octanol–water partition coefficient (Wildman–Crippen LogP) is 5.08. The van der Waals surface area contributed by atoms with Gasteiger partial charge in [-0.1, -0.05) is 65.5 Å². The van der Waals surface area contributed by atoms with E-state index in [9.17, 15) is 9.59 Å². The molecule has 132 valence electrons. The first-order valence-electron chi connectivity index (χ1n) is 8.74. The van der Waals surface area contributed by atoms with E-state index in [1.165, 1.54) is 19.3 Å². The molecule has 0 atom stereocenters. The minimum atomic E-state index is -1.20. The first kappa shape index (κ1) is 21.4. The van der Waals surface area contributed by atoms with E-state index in [-0.39, 0.29) is 0 Å². The van der Waals surface area contributed by atoms with E-state index in [0.29, 0.717) is 12.8 Å². The lowest BCUT2D eigenvalue weighted by atomic mass is 10.00. The molecule has 23 heavy (non-hydrogen) atoms. The number of carbonyl (C=O) groups excluding carboxylic acids is 2. The quantitative estimate of drug-likeness (QED) is 0.193. The number of carbonyl (C=O) groups is 2. The number of hydrogen-bond donors (Lipinski definition) is 0. The van der Waals surface area contributed by atoms with Crippen LogP contribution in [0, 0.1) is 0 Å². The molecule has 0 heterocycles. The molecule has 0 N–H and O–H groups in total. The molecule has 0 bridgehead atoms. The Labute approximate surface area is 140 Å². The Bertz CT molecular complexity index is 352. The minimum Gasteiger partial charge on any atom is -0.419 e. The maximum Gasteiger partial charge on any atom is 0.333 e. The van der Waals surface area contributed by atoms with E-state index in [4.69, 9.17) is 9.47 Å². The van der Waals surface area contributed by atoms with Crippen LogP contribution in [0.15, 0.2) is 25.3 Å². The van der Waals surface area contributed by atoms with Gasteiger partial charge in [-0.05, 0) is 12.8 Å². The third-order valence-corrected chi connectivity index (χ3v) is 3.73. The summed E-state index contributed by atoms with van der Waals surface area (Å²) in [6.45, 7) is 11.1. The van der Waals surface area contributed by atoms with E-state index in [2.05, 4.69) is 20.1 Å². The van der Waals surface area contributed by atoms with Crippen molar-refractivity contribution in [1.29, 1.82) is 0 Å². The summed E-state index contributed by atoms with van der Waals surface area (Å²) < 4.78 is 10.9. The van der Waals surface area contributed by atoms with Crippen LogP contribution in [-0.2, 0) is 19.1 Å². The molecule has 0 fully saturated rings. The van der Waals surface area contributed by atoms with Gasteiger partial charge in [0.05, 0.1) is 0 Å². The SMILES string of the molecule is C=CC(=O)OC(CCCC)(CCCCCCCC)OC(=O)C=C. The van der Waals surface area contributed by atoms with Crippen molar-refractivity contribution in [2.45, 2.75) is 83.8 Å². The topological polar surface area (TPSA) is 52.6 Å². The van der Waals surface area contributed by atoms with Gasteiger partial charge in [-0.2, -0.15) is 0 Å². The van der Waals surface area contributed by atoms with E-state index < -0.39 is 17.7 Å². The second kappa shape index (κ2) is 12.9. The molecule has 0 saturated carbocycles. The Morgan fingerprint density at radius 3 is 1.70 bits per heavy atom. The molecular formula is C19H32O4. The van der Waals surface area contributed by atoms with Crippen molar-refractivity contribution in [3.8, 4) is 0 Å². The van der Waals surface area contributed by atoms with Crippen molar-refractivity contribution in [2.75, 3.05) is 0 Å². The Morgan fingerprint density at radius 2 is 1.22 bits per heavy atom. The van der Waals surface area contributed by atoms with E-state index >= 15 is 0 Å². The molecule has 0 unspecified atom stereocenters. The van der Waals surface area contributed by atoms with Gasteiger partial charge < -0.3 is 9.47 Å². The third-order valence-electron chi connectivity index (χ3n) is 3.73. The van der Waals surface area contributed by atoms with Crippen molar-refractivity contribution in [3.05, 3.63) is 25.3 Å². The number of unbranched alkanes of at least 4 members (excludes halogenated alkanes) is 6. The smallest absolute Gasteiger partial charge is 0.333 e. The summed E-state index contributed by atoms with van der Waals surface area (Å²) >= 11 is 0. The van der Waals surface area contributed by atoms with Crippen LogP contribution in [0.25, 0.3) is 0 Å². The predicted molar refractivity (Wildman–Crippen MR) is 92.8 cm³/mol. The third kappa shape index (κ3) is 9.93. The average Bonchev–Trinajstić information content (AvgIpc) is 2.55. The van der Waals surface area contributed by atoms with Gasteiger partial charge in [-0.15, -0.1) is 0 Å². The van der Waals surface area contributed by atoms with Crippen molar-refractivity contribution >= 4 is 11.9 Å². The van der Waals surface area contributed by atoms with E-state index in [1.807, 2.05) is 6.92 Å². The summed E-state index contributed by atoms with van der Waals surface area (Å²) in [6, 6.07) is 0. The fourth-order valence-corrected chi connectivity index (χ4v) is 2.42. The average molecular weight is 324 g/mol. The minimum absolute atomic E-state index is 0.498. The molecule has 0 spiro atoms. The van der Waals surface area contributed by atoms with Crippen LogP contribution < -0.4 is 0 Å². The lowest BCUT2D eigenvalue weighted by Gasteiger charge is -2.32. The van der Waals surface area contributed by atoms with Gasteiger partial charge in [0.2, 0.25) is 0 Å². The summed E-state index contributed by atoms with van der Waals surface area (Å²) in [5.74, 6) is -2.33. The molecule has 0 aromatic rings. The zero-order valence-corrected chi connectivity index (χ0v) is 14.8. The van der Waals surface area contributed by atoms with Gasteiger partial charge in [-0.25, -0.2) is 9.59 Å². The van der Waals surface area contributed by atoms with Crippen molar-refractivity contribution in [3.63, 3.8) is 0 Å². The van der Waals surface area contributed by atoms with Crippen LogP contribution in [0.3, 0.4) is 0 Å². The fraction of sp³-hybridized carbons (Fsp3) is 0.684.